The maximum Gasteiger partial charge on any atom is 0.227 e. The van der Waals surface area contributed by atoms with Crippen LogP contribution in [0.5, 0.6) is 0 Å². The molecule has 50 heavy (non-hydrogen) atoms. The summed E-state index contributed by atoms with van der Waals surface area (Å²) < 4.78 is 8.51. The standard InChI is InChI=1S/C44H26N4OS/c1-3-9-27(10-4-1)29-15-18-30(19-16-29)41-46-42(33-20-17-28-11-7-8-14-32(28)23-33)48-43(47-41)34-21-22-35-36-25-38-37(26-40(36)50-39(35)24-34)45-44(49-38)31-12-5-2-6-13-31/h1-26H. The number of hydrogen-bond acceptors (Lipinski definition) is 6. The first-order chi connectivity index (χ1) is 24.7. The van der Waals surface area contributed by atoms with Crippen molar-refractivity contribution in [2.75, 3.05) is 0 Å². The van der Waals surface area contributed by atoms with E-state index in [-0.39, 0.29) is 0 Å². The van der Waals surface area contributed by atoms with Crippen LogP contribution in [0.3, 0.4) is 0 Å². The zero-order valence-corrected chi connectivity index (χ0v) is 27.4. The third kappa shape index (κ3) is 5.02. The summed E-state index contributed by atoms with van der Waals surface area (Å²) in [6.45, 7) is 0. The molecular weight excluding hydrogens is 633 g/mol. The number of fused-ring (bicyclic) bond motifs is 5. The van der Waals surface area contributed by atoms with Gasteiger partial charge in [0, 0.05) is 42.4 Å². The normalized spacial score (nSPS) is 11.6. The molecule has 6 heteroatoms. The SMILES string of the molecule is c1ccc(-c2ccc(-c3nc(-c4ccc5ccccc5c4)nc(-c4ccc5c(c4)sc4cc6nc(-c7ccccc7)oc6cc45)n3)cc2)cc1. The number of aromatic nitrogens is 4. The van der Waals surface area contributed by atoms with Gasteiger partial charge in [0.25, 0.3) is 0 Å². The quantitative estimate of drug-likeness (QED) is 0.184. The van der Waals surface area contributed by atoms with E-state index in [4.69, 9.17) is 24.4 Å². The molecule has 0 fully saturated rings. The van der Waals surface area contributed by atoms with Crippen LogP contribution < -0.4 is 0 Å². The van der Waals surface area contributed by atoms with Crippen molar-refractivity contribution in [2.24, 2.45) is 0 Å². The van der Waals surface area contributed by atoms with E-state index in [1.165, 1.54) is 10.9 Å². The van der Waals surface area contributed by atoms with Crippen LogP contribution >= 0.6 is 11.3 Å². The molecule has 3 heterocycles. The van der Waals surface area contributed by atoms with E-state index in [9.17, 15) is 0 Å². The number of benzene rings is 7. The lowest BCUT2D eigenvalue weighted by Crippen LogP contribution is -2.00. The van der Waals surface area contributed by atoms with Crippen LogP contribution in [-0.4, -0.2) is 19.9 Å². The Kier molecular flexibility index (Phi) is 6.60. The molecule has 0 N–H and O–H groups in total. The average molecular weight is 659 g/mol. The van der Waals surface area contributed by atoms with Crippen LogP contribution in [0.15, 0.2) is 162 Å². The van der Waals surface area contributed by atoms with E-state index in [1.54, 1.807) is 11.3 Å². The lowest BCUT2D eigenvalue weighted by Gasteiger charge is -2.10. The molecule has 10 rings (SSSR count). The summed E-state index contributed by atoms with van der Waals surface area (Å²) >= 11 is 1.74. The number of nitrogens with zero attached hydrogens (tertiary/aromatic N) is 4. The molecule has 0 amide bonds. The van der Waals surface area contributed by atoms with E-state index in [0.29, 0.717) is 23.4 Å². The van der Waals surface area contributed by atoms with Crippen LogP contribution in [-0.2, 0) is 0 Å². The lowest BCUT2D eigenvalue weighted by molar-refractivity contribution is 0.620. The molecule has 0 aliphatic carbocycles. The second-order valence-electron chi connectivity index (χ2n) is 12.3. The first kappa shape index (κ1) is 28.5. The van der Waals surface area contributed by atoms with Gasteiger partial charge in [-0.15, -0.1) is 11.3 Å². The number of oxazole rings is 1. The van der Waals surface area contributed by atoms with E-state index in [1.807, 2.05) is 36.4 Å². The smallest absolute Gasteiger partial charge is 0.227 e. The third-order valence-corrected chi connectivity index (χ3v) is 10.3. The van der Waals surface area contributed by atoms with Gasteiger partial charge in [-0.3, -0.25) is 0 Å². The second-order valence-corrected chi connectivity index (χ2v) is 13.4. The molecule has 0 radical (unpaired) electrons. The summed E-state index contributed by atoms with van der Waals surface area (Å²) in [7, 11) is 0. The summed E-state index contributed by atoms with van der Waals surface area (Å²) in [6.07, 6.45) is 0. The first-order valence-corrected chi connectivity index (χ1v) is 17.3. The average Bonchev–Trinajstić information content (AvgIpc) is 3.77. The van der Waals surface area contributed by atoms with Crippen LogP contribution in [0.1, 0.15) is 0 Å². The highest BCUT2D eigenvalue weighted by Gasteiger charge is 2.16. The highest BCUT2D eigenvalue weighted by molar-refractivity contribution is 7.25. The van der Waals surface area contributed by atoms with Gasteiger partial charge in [-0.2, -0.15) is 0 Å². The summed E-state index contributed by atoms with van der Waals surface area (Å²) in [5.74, 6) is 2.54. The second kappa shape index (κ2) is 11.6. The molecule has 5 nitrogen and oxygen atoms in total. The van der Waals surface area contributed by atoms with Crippen LogP contribution in [0.25, 0.3) is 98.8 Å². The molecule has 234 valence electrons. The first-order valence-electron chi connectivity index (χ1n) is 16.5. The van der Waals surface area contributed by atoms with Crippen molar-refractivity contribution in [2.45, 2.75) is 0 Å². The Morgan fingerprint density at radius 2 is 0.940 bits per heavy atom. The van der Waals surface area contributed by atoms with Crippen molar-refractivity contribution in [1.82, 2.24) is 19.9 Å². The Bertz CT molecular complexity index is 2860. The largest absolute Gasteiger partial charge is 0.436 e. The van der Waals surface area contributed by atoms with Crippen molar-refractivity contribution in [3.8, 4) is 56.7 Å². The predicted octanol–water partition coefficient (Wildman–Crippen LogP) is 11.9. The Labute approximate surface area is 291 Å². The fraction of sp³-hybridized carbons (Fsp3) is 0. The van der Waals surface area contributed by atoms with Crippen molar-refractivity contribution >= 4 is 53.4 Å². The molecule has 0 aliphatic heterocycles. The molecule has 0 saturated carbocycles. The molecule has 10 aromatic rings. The van der Waals surface area contributed by atoms with E-state index < -0.39 is 0 Å². The van der Waals surface area contributed by atoms with Gasteiger partial charge in [0.2, 0.25) is 5.89 Å². The zero-order valence-electron chi connectivity index (χ0n) is 26.6. The molecule has 0 unspecified atom stereocenters. The van der Waals surface area contributed by atoms with E-state index >= 15 is 0 Å². The molecular formula is C44H26N4OS. The monoisotopic (exact) mass is 658 g/mol. The van der Waals surface area contributed by atoms with Gasteiger partial charge in [-0.25, -0.2) is 19.9 Å². The molecule has 0 spiro atoms. The van der Waals surface area contributed by atoms with E-state index in [0.717, 1.165) is 64.5 Å². The van der Waals surface area contributed by atoms with Crippen molar-refractivity contribution in [3.05, 3.63) is 158 Å². The number of hydrogen-bond donors (Lipinski definition) is 0. The van der Waals surface area contributed by atoms with Gasteiger partial charge in [0.15, 0.2) is 23.1 Å². The maximum atomic E-state index is 6.21. The fourth-order valence-electron chi connectivity index (χ4n) is 6.57. The Morgan fingerprint density at radius 1 is 0.380 bits per heavy atom. The predicted molar refractivity (Wildman–Crippen MR) is 205 cm³/mol. The molecule has 3 aromatic heterocycles. The van der Waals surface area contributed by atoms with Gasteiger partial charge >= 0.3 is 0 Å². The summed E-state index contributed by atoms with van der Waals surface area (Å²) in [5.41, 5.74) is 7.73. The Morgan fingerprint density at radius 3 is 1.70 bits per heavy atom. The highest BCUT2D eigenvalue weighted by Crippen LogP contribution is 2.39. The van der Waals surface area contributed by atoms with Crippen molar-refractivity contribution in [3.63, 3.8) is 0 Å². The fourth-order valence-corrected chi connectivity index (χ4v) is 7.73. The Balaban J connectivity index is 1.09. The molecule has 7 aromatic carbocycles. The van der Waals surface area contributed by atoms with Gasteiger partial charge in [0.1, 0.15) is 5.52 Å². The topological polar surface area (TPSA) is 64.7 Å². The maximum absolute atomic E-state index is 6.21. The minimum atomic E-state index is 0.632. The Hall–Kier alpha value is -6.50. The molecule has 0 bridgehead atoms. The van der Waals surface area contributed by atoms with Crippen LogP contribution in [0.2, 0.25) is 0 Å². The van der Waals surface area contributed by atoms with Crippen LogP contribution in [0, 0.1) is 0 Å². The molecule has 0 atom stereocenters. The minimum absolute atomic E-state index is 0.632. The highest BCUT2D eigenvalue weighted by atomic mass is 32.1. The van der Waals surface area contributed by atoms with Gasteiger partial charge in [-0.05, 0) is 58.3 Å². The number of thiophene rings is 1. The summed E-state index contributed by atoms with van der Waals surface area (Å²) in [6, 6.07) is 54.2. The van der Waals surface area contributed by atoms with Gasteiger partial charge in [0.05, 0.1) is 0 Å². The summed E-state index contributed by atoms with van der Waals surface area (Å²) in [4.78, 5) is 19.9. The third-order valence-electron chi connectivity index (χ3n) is 9.15. The molecule has 0 aliphatic rings. The number of rotatable bonds is 5. The van der Waals surface area contributed by atoms with Gasteiger partial charge < -0.3 is 4.42 Å². The minimum Gasteiger partial charge on any atom is -0.436 e. The van der Waals surface area contributed by atoms with Crippen molar-refractivity contribution in [1.29, 1.82) is 0 Å². The zero-order chi connectivity index (χ0) is 33.0. The summed E-state index contributed by atoms with van der Waals surface area (Å²) in [5, 5.41) is 4.62. The van der Waals surface area contributed by atoms with Crippen LogP contribution in [0.4, 0.5) is 0 Å². The van der Waals surface area contributed by atoms with E-state index in [2.05, 4.69) is 121 Å². The molecule has 0 saturated heterocycles. The van der Waals surface area contributed by atoms with Gasteiger partial charge in [-0.1, -0.05) is 121 Å². The lowest BCUT2D eigenvalue weighted by atomic mass is 10.0. The van der Waals surface area contributed by atoms with Crippen molar-refractivity contribution < 1.29 is 4.42 Å².